The minimum Gasteiger partial charge on any atom is -0.481 e. The summed E-state index contributed by atoms with van der Waals surface area (Å²) in [6.45, 7) is 13.4. The van der Waals surface area contributed by atoms with E-state index in [0.29, 0.717) is 13.0 Å². The first kappa shape index (κ1) is 22.3. The molecule has 0 bridgehead atoms. The Labute approximate surface area is 190 Å². The Morgan fingerprint density at radius 2 is 2.03 bits per heavy atom. The van der Waals surface area contributed by atoms with Crippen molar-refractivity contribution in [2.24, 2.45) is 4.99 Å². The first-order valence-corrected chi connectivity index (χ1v) is 11.5. The number of hydrogen-bond acceptors (Lipinski definition) is 5. The molecule has 0 amide bonds. The number of benzene rings is 1. The quantitative estimate of drug-likeness (QED) is 0.646. The Bertz CT molecular complexity index is 1040. The number of anilines is 1. The number of carboxylic acid groups (broad SMARTS) is 1. The maximum Gasteiger partial charge on any atom is 0.303 e. The predicted molar refractivity (Wildman–Crippen MR) is 129 cm³/mol. The second-order valence-electron chi connectivity index (χ2n) is 9.17. The molecule has 2 aliphatic heterocycles. The lowest BCUT2D eigenvalue weighted by atomic mass is 9.81. The van der Waals surface area contributed by atoms with E-state index in [2.05, 4.69) is 74.8 Å². The monoisotopic (exact) mass is 435 g/mol. The summed E-state index contributed by atoms with van der Waals surface area (Å²) in [5.74, 6) is 0.799. The summed E-state index contributed by atoms with van der Waals surface area (Å²) in [5.41, 5.74) is 5.08. The summed E-state index contributed by atoms with van der Waals surface area (Å²) in [5, 5.41) is 9.10. The molecule has 32 heavy (non-hydrogen) atoms. The van der Waals surface area contributed by atoms with Crippen LogP contribution in [-0.2, 0) is 4.79 Å². The van der Waals surface area contributed by atoms with Crippen LogP contribution in [0.1, 0.15) is 47.5 Å². The van der Waals surface area contributed by atoms with E-state index in [-0.39, 0.29) is 18.0 Å². The van der Waals surface area contributed by atoms with Crippen molar-refractivity contribution < 1.29 is 14.6 Å². The largest absolute Gasteiger partial charge is 0.481 e. The van der Waals surface area contributed by atoms with Crippen LogP contribution in [0, 0.1) is 0 Å². The van der Waals surface area contributed by atoms with Crippen LogP contribution in [0.25, 0.3) is 0 Å². The van der Waals surface area contributed by atoms with Gasteiger partial charge in [-0.25, -0.2) is 4.99 Å². The standard InChI is InChI=1S/C26H33N3O3/c1-6-28(7-2)18-10-11-20-23(13-18)32-24-15-22-19(14-21(24)27-20)17(3)16-26(4,5)29(22)12-8-9-25(30)31/h10-11,13-16,22H,6-9,12H2,1-5H3,(H,30,31). The van der Waals surface area contributed by atoms with Crippen LogP contribution in [0.2, 0.25) is 0 Å². The average molecular weight is 436 g/mol. The molecule has 0 aromatic heterocycles. The third kappa shape index (κ3) is 4.11. The molecule has 6 heteroatoms. The molecule has 0 saturated heterocycles. The molecule has 0 saturated carbocycles. The smallest absolute Gasteiger partial charge is 0.303 e. The van der Waals surface area contributed by atoms with E-state index in [1.807, 2.05) is 6.07 Å². The molecule has 1 aromatic rings. The van der Waals surface area contributed by atoms with Gasteiger partial charge in [0.2, 0.25) is 0 Å². The van der Waals surface area contributed by atoms with Gasteiger partial charge in [-0.1, -0.05) is 6.08 Å². The van der Waals surface area contributed by atoms with Crippen LogP contribution < -0.4 is 9.64 Å². The summed E-state index contributed by atoms with van der Waals surface area (Å²) < 4.78 is 6.38. The molecule has 1 aliphatic carbocycles. The number of aliphatic carboxylic acids is 1. The van der Waals surface area contributed by atoms with Gasteiger partial charge in [-0.3, -0.25) is 9.69 Å². The lowest BCUT2D eigenvalue weighted by molar-refractivity contribution is -0.137. The average Bonchev–Trinajstić information content (AvgIpc) is 2.74. The first-order chi connectivity index (χ1) is 15.2. The number of nitrogens with zero attached hydrogens (tertiary/aromatic N) is 3. The topological polar surface area (TPSA) is 65.4 Å². The third-order valence-corrected chi connectivity index (χ3v) is 6.60. The van der Waals surface area contributed by atoms with Gasteiger partial charge in [-0.2, -0.15) is 0 Å². The molecule has 3 aliphatic rings. The van der Waals surface area contributed by atoms with Crippen LogP contribution in [0.15, 0.2) is 58.3 Å². The SMILES string of the molecule is CCN(CC)c1ccc2c(c1)OC1=CC3C(=CC1=N2)C(C)=CC(C)(C)N3CCCC(=O)O. The van der Waals surface area contributed by atoms with Gasteiger partial charge in [-0.15, -0.1) is 0 Å². The van der Waals surface area contributed by atoms with Crippen molar-refractivity contribution in [3.8, 4) is 5.75 Å². The summed E-state index contributed by atoms with van der Waals surface area (Å²) in [6, 6.07) is 6.24. The number of hydrogen-bond donors (Lipinski definition) is 1. The molecule has 170 valence electrons. The Morgan fingerprint density at radius 3 is 2.72 bits per heavy atom. The molecule has 4 rings (SSSR count). The van der Waals surface area contributed by atoms with Crippen molar-refractivity contribution in [1.82, 2.24) is 4.90 Å². The highest BCUT2D eigenvalue weighted by molar-refractivity contribution is 6.12. The van der Waals surface area contributed by atoms with Gasteiger partial charge >= 0.3 is 5.97 Å². The van der Waals surface area contributed by atoms with Crippen molar-refractivity contribution in [2.75, 3.05) is 24.5 Å². The van der Waals surface area contributed by atoms with Crippen LogP contribution >= 0.6 is 0 Å². The van der Waals surface area contributed by atoms with E-state index in [1.54, 1.807) is 0 Å². The third-order valence-electron chi connectivity index (χ3n) is 6.60. The molecule has 1 aromatic carbocycles. The van der Waals surface area contributed by atoms with Gasteiger partial charge in [-0.05, 0) is 76.5 Å². The van der Waals surface area contributed by atoms with Crippen molar-refractivity contribution in [2.45, 2.75) is 59.0 Å². The Kier molecular flexibility index (Phi) is 5.99. The molecular weight excluding hydrogens is 402 g/mol. The second-order valence-corrected chi connectivity index (χ2v) is 9.17. The van der Waals surface area contributed by atoms with E-state index in [4.69, 9.17) is 14.8 Å². The number of fused-ring (bicyclic) bond motifs is 3. The zero-order chi connectivity index (χ0) is 23.0. The van der Waals surface area contributed by atoms with Crippen LogP contribution in [0.4, 0.5) is 11.4 Å². The van der Waals surface area contributed by atoms with Gasteiger partial charge < -0.3 is 14.7 Å². The molecule has 0 spiro atoms. The highest BCUT2D eigenvalue weighted by atomic mass is 16.5. The summed E-state index contributed by atoms with van der Waals surface area (Å²) >= 11 is 0. The number of allylic oxidation sites excluding steroid dienone is 1. The minimum atomic E-state index is -0.755. The number of rotatable bonds is 7. The fourth-order valence-electron chi connectivity index (χ4n) is 4.99. The van der Waals surface area contributed by atoms with Gasteiger partial charge in [0.1, 0.15) is 11.4 Å². The maximum atomic E-state index is 11.1. The molecule has 6 nitrogen and oxygen atoms in total. The van der Waals surface area contributed by atoms with Crippen molar-refractivity contribution in [3.05, 3.63) is 53.3 Å². The van der Waals surface area contributed by atoms with Crippen LogP contribution in [0.3, 0.4) is 0 Å². The van der Waals surface area contributed by atoms with Crippen molar-refractivity contribution in [1.29, 1.82) is 0 Å². The van der Waals surface area contributed by atoms with E-state index in [9.17, 15) is 4.79 Å². The number of carbonyl (C=O) groups is 1. The Hall–Kier alpha value is -2.86. The van der Waals surface area contributed by atoms with Gasteiger partial charge in [0, 0.05) is 43.3 Å². The van der Waals surface area contributed by atoms with Gasteiger partial charge in [0.05, 0.1) is 6.04 Å². The van der Waals surface area contributed by atoms with Crippen LogP contribution in [0.5, 0.6) is 5.75 Å². The summed E-state index contributed by atoms with van der Waals surface area (Å²) in [6.07, 6.45) is 7.33. The molecular formula is C26H33N3O3. The Morgan fingerprint density at radius 1 is 1.28 bits per heavy atom. The molecule has 2 heterocycles. The molecule has 1 atom stereocenters. The zero-order valence-corrected chi connectivity index (χ0v) is 19.7. The predicted octanol–water partition coefficient (Wildman–Crippen LogP) is 5.10. The van der Waals surface area contributed by atoms with Crippen LogP contribution in [-0.4, -0.2) is 52.9 Å². The second kappa shape index (κ2) is 8.58. The Balaban J connectivity index is 1.69. The van der Waals surface area contributed by atoms with E-state index >= 15 is 0 Å². The maximum absolute atomic E-state index is 11.1. The lowest BCUT2D eigenvalue weighted by Gasteiger charge is -2.47. The molecule has 0 radical (unpaired) electrons. The summed E-state index contributed by atoms with van der Waals surface area (Å²) in [4.78, 5) is 20.6. The zero-order valence-electron chi connectivity index (χ0n) is 19.7. The highest BCUT2D eigenvalue weighted by Crippen LogP contribution is 2.42. The number of aliphatic imine (C=N–C) groups is 1. The number of carboxylic acids is 1. The summed E-state index contributed by atoms with van der Waals surface area (Å²) in [7, 11) is 0. The number of ether oxygens (including phenoxy) is 1. The molecule has 1 unspecified atom stereocenters. The van der Waals surface area contributed by atoms with Crippen molar-refractivity contribution >= 4 is 23.1 Å². The van der Waals surface area contributed by atoms with E-state index < -0.39 is 5.97 Å². The van der Waals surface area contributed by atoms with E-state index in [1.165, 1.54) is 11.1 Å². The lowest BCUT2D eigenvalue weighted by Crippen LogP contribution is -2.53. The van der Waals surface area contributed by atoms with Crippen molar-refractivity contribution in [3.63, 3.8) is 0 Å². The van der Waals surface area contributed by atoms with E-state index in [0.717, 1.165) is 41.7 Å². The minimum absolute atomic E-state index is 0.0326. The molecule has 0 fully saturated rings. The van der Waals surface area contributed by atoms with Gasteiger partial charge in [0.15, 0.2) is 11.5 Å². The fraction of sp³-hybridized carbons (Fsp3) is 0.462. The fourth-order valence-corrected chi connectivity index (χ4v) is 4.99. The van der Waals surface area contributed by atoms with Gasteiger partial charge in [0.25, 0.3) is 0 Å². The first-order valence-electron chi connectivity index (χ1n) is 11.5. The normalized spacial score (nSPS) is 21.1. The highest BCUT2D eigenvalue weighted by Gasteiger charge is 2.39. The molecule has 1 N–H and O–H groups in total.